The molecule has 6 rings (SSSR count). The van der Waals surface area contributed by atoms with Gasteiger partial charge in [-0.1, -0.05) is 6.07 Å². The third-order valence-electron chi connectivity index (χ3n) is 6.62. The summed E-state index contributed by atoms with van der Waals surface area (Å²) in [6, 6.07) is 3.93. The van der Waals surface area contributed by atoms with E-state index in [1.165, 1.54) is 24.1 Å². The van der Waals surface area contributed by atoms with Crippen molar-refractivity contribution < 1.29 is 37.1 Å². The highest BCUT2D eigenvalue weighted by Crippen LogP contribution is 2.36. The van der Waals surface area contributed by atoms with E-state index in [9.17, 15) is 28.0 Å². The molecule has 37 heavy (non-hydrogen) atoms. The Kier molecular flexibility index (Phi) is 4.83. The van der Waals surface area contributed by atoms with Gasteiger partial charge in [-0.15, -0.1) is 0 Å². The molecule has 0 unspecified atom stereocenters. The number of amides is 6. The van der Waals surface area contributed by atoms with Gasteiger partial charge in [-0.25, -0.2) is 23.4 Å². The molecule has 0 saturated carbocycles. The van der Waals surface area contributed by atoms with E-state index in [1.807, 2.05) is 0 Å². The number of fused-ring (bicyclic) bond motifs is 2. The number of rotatable bonds is 5. The van der Waals surface area contributed by atoms with Crippen molar-refractivity contribution >= 4 is 40.8 Å². The zero-order valence-corrected chi connectivity index (χ0v) is 19.2. The minimum atomic E-state index is -1.91. The molecule has 2 aromatic heterocycles. The van der Waals surface area contributed by atoms with Crippen molar-refractivity contribution in [1.29, 1.82) is 0 Å². The first-order chi connectivity index (χ1) is 17.7. The molecule has 5 heterocycles. The van der Waals surface area contributed by atoms with Crippen LogP contribution in [0.4, 0.5) is 24.2 Å². The summed E-state index contributed by atoms with van der Waals surface area (Å²) in [5.74, 6) is -3.64. The highest BCUT2D eigenvalue weighted by Gasteiger charge is 2.53. The average Bonchev–Trinajstić information content (AvgIpc) is 3.60. The molecule has 3 aliphatic rings. The van der Waals surface area contributed by atoms with Gasteiger partial charge in [0.15, 0.2) is 34.3 Å². The molecule has 12 nitrogen and oxygen atoms in total. The third-order valence-corrected chi connectivity index (χ3v) is 6.62. The summed E-state index contributed by atoms with van der Waals surface area (Å²) in [5, 5.41) is 7.18. The topological polar surface area (TPSA) is 146 Å². The lowest BCUT2D eigenvalue weighted by Gasteiger charge is -2.28. The summed E-state index contributed by atoms with van der Waals surface area (Å²) in [6.07, 6.45) is 0. The van der Waals surface area contributed by atoms with E-state index >= 15 is 0 Å². The molecule has 2 fully saturated rings. The number of hydrogen-bond acceptors (Lipinski definition) is 7. The maximum absolute atomic E-state index is 14.8. The number of aromatic nitrogens is 1. The molecule has 3 N–H and O–H groups in total. The lowest BCUT2D eigenvalue weighted by molar-refractivity contribution is -0.125. The van der Waals surface area contributed by atoms with Gasteiger partial charge in [-0.05, 0) is 11.6 Å². The zero-order valence-electron chi connectivity index (χ0n) is 19.2. The number of benzene rings is 1. The number of furan rings is 1. The summed E-state index contributed by atoms with van der Waals surface area (Å²) in [5.41, 5.74) is -1.65. The van der Waals surface area contributed by atoms with E-state index < -0.39 is 47.6 Å². The van der Waals surface area contributed by atoms with Crippen LogP contribution in [0, 0.1) is 11.6 Å². The van der Waals surface area contributed by atoms with Crippen LogP contribution in [0.3, 0.4) is 0 Å². The number of nitrogens with one attached hydrogen (secondary N) is 3. The lowest BCUT2D eigenvalue weighted by Crippen LogP contribution is -2.52. The van der Waals surface area contributed by atoms with E-state index in [1.54, 1.807) is 6.07 Å². The summed E-state index contributed by atoms with van der Waals surface area (Å²) in [6.45, 7) is 0.0772. The van der Waals surface area contributed by atoms with Crippen LogP contribution in [0.15, 0.2) is 28.7 Å². The predicted molar refractivity (Wildman–Crippen MR) is 121 cm³/mol. The van der Waals surface area contributed by atoms with Gasteiger partial charge in [-0.2, -0.15) is 0 Å². The first-order valence-corrected chi connectivity index (χ1v) is 11.2. The largest absolute Gasteiger partial charge is 0.494 e. The molecule has 3 aliphatic heterocycles. The van der Waals surface area contributed by atoms with Crippen LogP contribution >= 0.6 is 0 Å². The van der Waals surface area contributed by atoms with Crippen LogP contribution in [0.25, 0.3) is 11.1 Å². The fourth-order valence-corrected chi connectivity index (χ4v) is 4.83. The van der Waals surface area contributed by atoms with Crippen LogP contribution < -0.4 is 25.6 Å². The van der Waals surface area contributed by atoms with Crippen LogP contribution in [-0.2, 0) is 16.9 Å². The molecule has 6 amide bonds. The van der Waals surface area contributed by atoms with Gasteiger partial charge in [0, 0.05) is 31.8 Å². The van der Waals surface area contributed by atoms with Crippen molar-refractivity contribution in [2.24, 2.45) is 0 Å². The number of halogens is 2. The minimum absolute atomic E-state index is 0.0404. The van der Waals surface area contributed by atoms with E-state index in [0.29, 0.717) is 12.1 Å². The molecule has 0 spiro atoms. The Morgan fingerprint density at radius 3 is 2.68 bits per heavy atom. The SMILES string of the molecule is COc1ccc2c(c1F)C(=O)N(C[C@@]1(c3cc4nc(N5CCNC5=O)c(F)cc4o3)NC(=O)NC1=O)C2. The van der Waals surface area contributed by atoms with E-state index in [0.717, 1.165) is 11.0 Å². The molecule has 0 bridgehead atoms. The van der Waals surface area contributed by atoms with Crippen LogP contribution in [0.1, 0.15) is 21.7 Å². The van der Waals surface area contributed by atoms with Crippen molar-refractivity contribution in [3.8, 4) is 5.75 Å². The molecular formula is C23H18F2N6O6. The number of nitrogens with zero attached hydrogens (tertiary/aromatic N) is 3. The second kappa shape index (κ2) is 7.88. The number of hydrogen-bond donors (Lipinski definition) is 3. The Bertz CT molecular complexity index is 1540. The second-order valence-corrected chi connectivity index (χ2v) is 8.76. The highest BCUT2D eigenvalue weighted by atomic mass is 19.1. The van der Waals surface area contributed by atoms with Crippen molar-refractivity contribution in [2.45, 2.75) is 12.1 Å². The molecule has 1 atom stereocenters. The van der Waals surface area contributed by atoms with Gasteiger partial charge in [0.05, 0.1) is 19.2 Å². The number of anilines is 1. The summed E-state index contributed by atoms with van der Waals surface area (Å²) >= 11 is 0. The van der Waals surface area contributed by atoms with Gasteiger partial charge in [0.1, 0.15) is 11.3 Å². The Hall–Kier alpha value is -4.75. The Labute approximate surface area is 206 Å². The monoisotopic (exact) mass is 512 g/mol. The Balaban J connectivity index is 1.40. The average molecular weight is 512 g/mol. The van der Waals surface area contributed by atoms with Crippen molar-refractivity contribution in [3.63, 3.8) is 0 Å². The van der Waals surface area contributed by atoms with Gasteiger partial charge >= 0.3 is 12.1 Å². The molecule has 3 aromatic rings. The van der Waals surface area contributed by atoms with E-state index in [-0.39, 0.29) is 47.1 Å². The molecular weight excluding hydrogens is 494 g/mol. The van der Waals surface area contributed by atoms with E-state index in [4.69, 9.17) is 9.15 Å². The molecule has 2 saturated heterocycles. The Morgan fingerprint density at radius 2 is 2.00 bits per heavy atom. The first kappa shape index (κ1) is 22.7. The lowest BCUT2D eigenvalue weighted by atomic mass is 9.95. The Morgan fingerprint density at radius 1 is 1.19 bits per heavy atom. The minimum Gasteiger partial charge on any atom is -0.494 e. The number of imide groups is 1. The smallest absolute Gasteiger partial charge is 0.323 e. The number of carbonyl (C=O) groups is 4. The number of methoxy groups -OCH3 is 1. The molecule has 190 valence electrons. The van der Waals surface area contributed by atoms with Gasteiger partial charge < -0.3 is 24.7 Å². The predicted octanol–water partition coefficient (Wildman–Crippen LogP) is 1.33. The van der Waals surface area contributed by atoms with Crippen molar-refractivity contribution in [2.75, 3.05) is 31.6 Å². The maximum Gasteiger partial charge on any atom is 0.323 e. The van der Waals surface area contributed by atoms with Crippen molar-refractivity contribution in [3.05, 3.63) is 52.8 Å². The van der Waals surface area contributed by atoms with Gasteiger partial charge in [-0.3, -0.25) is 19.8 Å². The second-order valence-electron chi connectivity index (χ2n) is 8.76. The summed E-state index contributed by atoms with van der Waals surface area (Å²) in [4.78, 5) is 56.9. The number of ether oxygens (including phenoxy) is 1. The summed E-state index contributed by atoms with van der Waals surface area (Å²) in [7, 11) is 1.27. The first-order valence-electron chi connectivity index (χ1n) is 11.2. The molecule has 0 aliphatic carbocycles. The van der Waals surface area contributed by atoms with Crippen LogP contribution in [0.2, 0.25) is 0 Å². The number of urea groups is 2. The number of pyridine rings is 1. The highest BCUT2D eigenvalue weighted by molar-refractivity contribution is 6.08. The zero-order chi connectivity index (χ0) is 26.1. The standard InChI is InChI=1S/C23H18F2N6O6/c1-36-13-3-2-10-8-30(19(32)16(10)17(13)25)9-23(20(33)28-21(34)29-23)15-7-12-14(37-15)6-11(24)18(27-12)31-5-4-26-22(31)35/h2-3,6-7H,4-5,8-9H2,1H3,(H,26,35)(H2,28,29,33,34)/t23-/m0/s1. The normalized spacial score (nSPS) is 20.9. The summed E-state index contributed by atoms with van der Waals surface area (Å²) < 4.78 is 40.3. The quantitative estimate of drug-likeness (QED) is 0.437. The maximum atomic E-state index is 14.8. The van der Waals surface area contributed by atoms with Crippen LogP contribution in [-0.4, -0.2) is 60.5 Å². The number of carbonyl (C=O) groups excluding carboxylic acids is 4. The molecule has 0 radical (unpaired) electrons. The third kappa shape index (κ3) is 3.28. The fraction of sp³-hybridized carbons (Fsp3) is 0.261. The molecule has 1 aromatic carbocycles. The van der Waals surface area contributed by atoms with Crippen molar-refractivity contribution in [1.82, 2.24) is 25.8 Å². The van der Waals surface area contributed by atoms with Gasteiger partial charge in [0.25, 0.3) is 11.8 Å². The van der Waals surface area contributed by atoms with Gasteiger partial charge in [0.2, 0.25) is 0 Å². The molecule has 14 heteroatoms. The van der Waals surface area contributed by atoms with Crippen LogP contribution in [0.5, 0.6) is 5.75 Å². The van der Waals surface area contributed by atoms with E-state index in [2.05, 4.69) is 20.9 Å². The fourth-order valence-electron chi connectivity index (χ4n) is 4.83.